The molecular weight excluding hydrogens is 164 g/mol. The third-order valence-corrected chi connectivity index (χ3v) is 2.26. The number of nitrogens with two attached hydrogens (primary N) is 1. The number of phenolic OH excluding ortho intramolecular Hbond substituents is 1. The van der Waals surface area contributed by atoms with Gasteiger partial charge in [0, 0.05) is 18.2 Å². The number of nitrogens with one attached hydrogen (secondary N) is 1. The van der Waals surface area contributed by atoms with Gasteiger partial charge < -0.3 is 16.2 Å². The lowest BCUT2D eigenvalue weighted by Gasteiger charge is -2.12. The van der Waals surface area contributed by atoms with E-state index in [0.717, 1.165) is 11.1 Å². The summed E-state index contributed by atoms with van der Waals surface area (Å²) < 4.78 is 0. The maximum absolute atomic E-state index is 9.39. The molecule has 13 heavy (non-hydrogen) atoms. The molecule has 3 nitrogen and oxygen atoms in total. The van der Waals surface area contributed by atoms with E-state index in [4.69, 9.17) is 5.73 Å². The Labute approximate surface area is 78.6 Å². The van der Waals surface area contributed by atoms with Crippen LogP contribution >= 0.6 is 0 Å². The van der Waals surface area contributed by atoms with Crippen molar-refractivity contribution in [2.24, 2.45) is 5.73 Å². The molecule has 1 aromatic rings. The van der Waals surface area contributed by atoms with Crippen LogP contribution in [-0.4, -0.2) is 12.2 Å². The van der Waals surface area contributed by atoms with Gasteiger partial charge in [-0.2, -0.15) is 0 Å². The van der Waals surface area contributed by atoms with E-state index >= 15 is 0 Å². The highest BCUT2D eigenvalue weighted by Crippen LogP contribution is 2.21. The Bertz CT molecular complexity index is 286. The highest BCUT2D eigenvalue weighted by Gasteiger charge is 2.05. The minimum absolute atomic E-state index is 0.273. The van der Waals surface area contributed by atoms with E-state index in [1.807, 2.05) is 19.2 Å². The first kappa shape index (κ1) is 10.0. The zero-order chi connectivity index (χ0) is 9.84. The van der Waals surface area contributed by atoms with Crippen LogP contribution in [0.4, 0.5) is 0 Å². The first-order valence-corrected chi connectivity index (χ1v) is 4.38. The number of hydrogen-bond donors (Lipinski definition) is 3. The summed E-state index contributed by atoms with van der Waals surface area (Å²) in [7, 11) is 1.90. The molecule has 0 radical (unpaired) electrons. The van der Waals surface area contributed by atoms with Crippen molar-refractivity contribution in [1.29, 1.82) is 0 Å². The molecule has 1 aromatic carbocycles. The van der Waals surface area contributed by atoms with Crippen molar-refractivity contribution < 1.29 is 5.11 Å². The fourth-order valence-electron chi connectivity index (χ4n) is 1.20. The second-order valence-corrected chi connectivity index (χ2v) is 3.10. The minimum atomic E-state index is 0.273. The SMILES string of the molecule is CNC(C)c1ccc(O)c(CN)c1. The number of benzene rings is 1. The second-order valence-electron chi connectivity index (χ2n) is 3.10. The molecule has 0 aliphatic rings. The van der Waals surface area contributed by atoms with Gasteiger partial charge in [0.1, 0.15) is 5.75 Å². The van der Waals surface area contributed by atoms with Gasteiger partial charge in [-0.05, 0) is 31.7 Å². The summed E-state index contributed by atoms with van der Waals surface area (Å²) in [6.45, 7) is 2.43. The lowest BCUT2D eigenvalue weighted by atomic mass is 10.0. The van der Waals surface area contributed by atoms with E-state index in [0.29, 0.717) is 6.54 Å². The van der Waals surface area contributed by atoms with Crippen LogP contribution in [0.1, 0.15) is 24.1 Å². The van der Waals surface area contributed by atoms with Gasteiger partial charge in [-0.3, -0.25) is 0 Å². The highest BCUT2D eigenvalue weighted by molar-refractivity contribution is 5.37. The quantitative estimate of drug-likeness (QED) is 0.653. The second kappa shape index (κ2) is 4.25. The summed E-state index contributed by atoms with van der Waals surface area (Å²) in [6.07, 6.45) is 0. The molecular formula is C10H16N2O. The van der Waals surface area contributed by atoms with Crippen molar-refractivity contribution >= 4 is 0 Å². The summed E-state index contributed by atoms with van der Waals surface area (Å²) >= 11 is 0. The standard InChI is InChI=1S/C10H16N2O/c1-7(12-2)8-3-4-10(13)9(5-8)6-11/h3-5,7,12-13H,6,11H2,1-2H3. The van der Waals surface area contributed by atoms with Crippen LogP contribution in [-0.2, 0) is 6.54 Å². The zero-order valence-electron chi connectivity index (χ0n) is 8.04. The van der Waals surface area contributed by atoms with Crippen LogP contribution in [0, 0.1) is 0 Å². The van der Waals surface area contributed by atoms with Gasteiger partial charge in [-0.25, -0.2) is 0 Å². The van der Waals surface area contributed by atoms with E-state index in [1.54, 1.807) is 6.07 Å². The molecule has 0 aromatic heterocycles. The summed E-state index contributed by atoms with van der Waals surface area (Å²) in [6, 6.07) is 5.79. The van der Waals surface area contributed by atoms with E-state index in [9.17, 15) is 5.11 Å². The van der Waals surface area contributed by atoms with Gasteiger partial charge in [-0.15, -0.1) is 0 Å². The van der Waals surface area contributed by atoms with E-state index in [2.05, 4.69) is 12.2 Å². The topological polar surface area (TPSA) is 58.3 Å². The Hall–Kier alpha value is -1.06. The van der Waals surface area contributed by atoms with Crippen LogP contribution in [0.2, 0.25) is 0 Å². The Balaban J connectivity index is 2.99. The normalized spacial score (nSPS) is 12.8. The molecule has 0 heterocycles. The Morgan fingerprint density at radius 1 is 1.54 bits per heavy atom. The van der Waals surface area contributed by atoms with Crippen molar-refractivity contribution in [3.63, 3.8) is 0 Å². The molecule has 3 heteroatoms. The van der Waals surface area contributed by atoms with Gasteiger partial charge in [0.15, 0.2) is 0 Å². The van der Waals surface area contributed by atoms with Gasteiger partial charge in [0.05, 0.1) is 0 Å². The molecule has 0 saturated heterocycles. The van der Waals surface area contributed by atoms with Crippen LogP contribution in [0.3, 0.4) is 0 Å². The first-order chi connectivity index (χ1) is 6.19. The van der Waals surface area contributed by atoms with Crippen LogP contribution in [0.15, 0.2) is 18.2 Å². The Morgan fingerprint density at radius 2 is 2.23 bits per heavy atom. The lowest BCUT2D eigenvalue weighted by molar-refractivity contribution is 0.467. The largest absolute Gasteiger partial charge is 0.508 e. The molecule has 1 atom stereocenters. The molecule has 0 aliphatic heterocycles. The number of rotatable bonds is 3. The fraction of sp³-hybridized carbons (Fsp3) is 0.400. The van der Waals surface area contributed by atoms with Crippen molar-refractivity contribution in [3.05, 3.63) is 29.3 Å². The molecule has 1 unspecified atom stereocenters. The molecule has 0 amide bonds. The summed E-state index contributed by atoms with van der Waals surface area (Å²) in [5.41, 5.74) is 7.41. The zero-order valence-corrected chi connectivity index (χ0v) is 8.04. The summed E-state index contributed by atoms with van der Waals surface area (Å²) in [5.74, 6) is 0.273. The molecule has 0 spiro atoms. The minimum Gasteiger partial charge on any atom is -0.508 e. The van der Waals surface area contributed by atoms with Gasteiger partial charge in [-0.1, -0.05) is 6.07 Å². The van der Waals surface area contributed by atoms with E-state index in [1.165, 1.54) is 0 Å². The molecule has 0 saturated carbocycles. The molecule has 0 bridgehead atoms. The van der Waals surface area contributed by atoms with Crippen LogP contribution < -0.4 is 11.1 Å². The van der Waals surface area contributed by atoms with Crippen molar-refractivity contribution in [3.8, 4) is 5.75 Å². The van der Waals surface area contributed by atoms with Crippen molar-refractivity contribution in [2.45, 2.75) is 19.5 Å². The van der Waals surface area contributed by atoms with Gasteiger partial charge >= 0.3 is 0 Å². The summed E-state index contributed by atoms with van der Waals surface area (Å²) in [4.78, 5) is 0. The lowest BCUT2D eigenvalue weighted by Crippen LogP contribution is -2.12. The molecule has 4 N–H and O–H groups in total. The van der Waals surface area contributed by atoms with Gasteiger partial charge in [0.25, 0.3) is 0 Å². The van der Waals surface area contributed by atoms with E-state index in [-0.39, 0.29) is 11.8 Å². The molecule has 0 aliphatic carbocycles. The third-order valence-electron chi connectivity index (χ3n) is 2.26. The maximum atomic E-state index is 9.39. The van der Waals surface area contributed by atoms with Crippen LogP contribution in [0.25, 0.3) is 0 Å². The average Bonchev–Trinajstić information content (AvgIpc) is 2.17. The molecule has 0 fully saturated rings. The fourth-order valence-corrected chi connectivity index (χ4v) is 1.20. The van der Waals surface area contributed by atoms with Gasteiger partial charge in [0.2, 0.25) is 0 Å². The molecule has 72 valence electrons. The number of hydrogen-bond acceptors (Lipinski definition) is 3. The monoisotopic (exact) mass is 180 g/mol. The third kappa shape index (κ3) is 2.20. The number of phenols is 1. The van der Waals surface area contributed by atoms with Crippen molar-refractivity contribution in [2.75, 3.05) is 7.05 Å². The highest BCUT2D eigenvalue weighted by atomic mass is 16.3. The van der Waals surface area contributed by atoms with Crippen molar-refractivity contribution in [1.82, 2.24) is 5.32 Å². The summed E-state index contributed by atoms with van der Waals surface area (Å²) in [5, 5.41) is 12.5. The predicted octanol–water partition coefficient (Wildman–Crippen LogP) is 1.13. The maximum Gasteiger partial charge on any atom is 0.120 e. The number of aromatic hydroxyl groups is 1. The Morgan fingerprint density at radius 3 is 2.77 bits per heavy atom. The molecule has 1 rings (SSSR count). The Kier molecular flexibility index (Phi) is 3.28. The average molecular weight is 180 g/mol. The van der Waals surface area contributed by atoms with Crippen LogP contribution in [0.5, 0.6) is 5.75 Å². The smallest absolute Gasteiger partial charge is 0.120 e. The first-order valence-electron chi connectivity index (χ1n) is 4.38. The predicted molar refractivity (Wildman–Crippen MR) is 53.5 cm³/mol. The van der Waals surface area contributed by atoms with E-state index < -0.39 is 0 Å².